The second-order valence-corrected chi connectivity index (χ2v) is 8.52. The second kappa shape index (κ2) is 10.7. The Hall–Kier alpha value is -3.73. The Morgan fingerprint density at radius 1 is 1.14 bits per heavy atom. The van der Waals surface area contributed by atoms with Gasteiger partial charge >= 0.3 is 12.3 Å². The molecule has 0 bridgehead atoms. The third-order valence-electron chi connectivity index (χ3n) is 5.21. The first-order valence-corrected chi connectivity index (χ1v) is 11.6. The lowest BCUT2D eigenvalue weighted by Crippen LogP contribution is -2.22. The molecule has 0 amide bonds. The Kier molecular flexibility index (Phi) is 7.45. The molecule has 0 aliphatic carbocycles. The molecule has 2 atom stereocenters. The largest absolute Gasteiger partial charge is 0.511 e. The normalized spacial score (nSPS) is 15.1. The van der Waals surface area contributed by atoms with E-state index in [2.05, 4.69) is 35.2 Å². The van der Waals surface area contributed by atoms with Crippen LogP contribution < -0.4 is 0 Å². The number of pyridine rings is 1. The van der Waals surface area contributed by atoms with E-state index in [-0.39, 0.29) is 6.61 Å². The molecule has 1 aliphatic heterocycles. The van der Waals surface area contributed by atoms with Crippen LogP contribution in [-0.4, -0.2) is 52.6 Å². The number of ether oxygens (including phenoxy) is 4. The average Bonchev–Trinajstić information content (AvgIpc) is 3.16. The highest BCUT2D eigenvalue weighted by Crippen LogP contribution is 2.34. The lowest BCUT2D eigenvalue weighted by molar-refractivity contribution is -0.0908. The van der Waals surface area contributed by atoms with Crippen LogP contribution in [0.15, 0.2) is 58.3 Å². The van der Waals surface area contributed by atoms with E-state index in [1.54, 1.807) is 12.4 Å². The van der Waals surface area contributed by atoms with Crippen LogP contribution in [-0.2, 0) is 18.9 Å². The van der Waals surface area contributed by atoms with Crippen molar-refractivity contribution in [2.24, 2.45) is 4.99 Å². The standard InChI is InChI=1S/C24H23BrN4O6/c1-14-13-27-22-19(9-11-33-24(31)35-15(2)34-23(30)32-3)28-21(18-6-4-5-10-26-18)17-12-16(25)7-8-20(17)29(14)22/h4-8,10,12-13,15,19H,9,11H2,1-3H3/t15?,19-/m0/s1. The Balaban J connectivity index is 1.60. The van der Waals surface area contributed by atoms with Gasteiger partial charge in [0.15, 0.2) is 0 Å². The SMILES string of the molecule is COC(=O)OC(C)OC(=O)OCC[C@@H]1N=C(c2ccccn2)c2cc(Br)ccc2-n2c(C)cnc21. The molecule has 0 radical (unpaired) electrons. The number of hydrogen-bond acceptors (Lipinski definition) is 9. The monoisotopic (exact) mass is 542 g/mol. The van der Waals surface area contributed by atoms with Crippen molar-refractivity contribution >= 4 is 34.0 Å². The summed E-state index contributed by atoms with van der Waals surface area (Å²) in [4.78, 5) is 37.3. The summed E-state index contributed by atoms with van der Waals surface area (Å²) < 4.78 is 22.2. The fourth-order valence-electron chi connectivity index (χ4n) is 3.71. The molecule has 182 valence electrons. The van der Waals surface area contributed by atoms with Gasteiger partial charge in [0.05, 0.1) is 30.8 Å². The van der Waals surface area contributed by atoms with Crippen molar-refractivity contribution in [1.82, 2.24) is 14.5 Å². The minimum Gasteiger partial charge on any atom is -0.438 e. The van der Waals surface area contributed by atoms with Gasteiger partial charge < -0.3 is 18.9 Å². The van der Waals surface area contributed by atoms with Crippen LogP contribution in [0.2, 0.25) is 0 Å². The van der Waals surface area contributed by atoms with Gasteiger partial charge in [0.25, 0.3) is 6.29 Å². The van der Waals surface area contributed by atoms with Crippen molar-refractivity contribution < 1.29 is 28.5 Å². The molecule has 0 spiro atoms. The molecule has 3 aromatic rings. The zero-order chi connectivity index (χ0) is 24.9. The highest BCUT2D eigenvalue weighted by molar-refractivity contribution is 9.10. The number of benzene rings is 1. The van der Waals surface area contributed by atoms with E-state index < -0.39 is 24.6 Å². The van der Waals surface area contributed by atoms with Gasteiger partial charge in [0.1, 0.15) is 11.9 Å². The minimum atomic E-state index is -1.16. The maximum atomic E-state index is 12.0. The molecule has 1 aromatic carbocycles. The molecule has 1 aliphatic rings. The van der Waals surface area contributed by atoms with Crippen molar-refractivity contribution in [3.05, 3.63) is 76.0 Å². The van der Waals surface area contributed by atoms with Crippen LogP contribution in [0.5, 0.6) is 0 Å². The van der Waals surface area contributed by atoms with Crippen LogP contribution >= 0.6 is 15.9 Å². The molecule has 1 unspecified atom stereocenters. The Morgan fingerprint density at radius 3 is 2.69 bits per heavy atom. The molecular weight excluding hydrogens is 520 g/mol. The Morgan fingerprint density at radius 2 is 1.94 bits per heavy atom. The van der Waals surface area contributed by atoms with Crippen LogP contribution in [0.25, 0.3) is 5.69 Å². The molecule has 2 aromatic heterocycles. The van der Waals surface area contributed by atoms with Gasteiger partial charge in [-0.05, 0) is 37.3 Å². The predicted octanol–water partition coefficient (Wildman–Crippen LogP) is 4.90. The van der Waals surface area contributed by atoms with E-state index in [0.717, 1.165) is 40.0 Å². The average molecular weight is 543 g/mol. The second-order valence-electron chi connectivity index (χ2n) is 7.61. The summed E-state index contributed by atoms with van der Waals surface area (Å²) in [5.41, 5.74) is 4.20. The van der Waals surface area contributed by atoms with E-state index in [0.29, 0.717) is 12.1 Å². The van der Waals surface area contributed by atoms with Crippen LogP contribution in [0, 0.1) is 6.92 Å². The maximum Gasteiger partial charge on any atom is 0.511 e. The zero-order valence-electron chi connectivity index (χ0n) is 19.3. The summed E-state index contributed by atoms with van der Waals surface area (Å²) in [6.07, 6.45) is 0.746. The molecule has 35 heavy (non-hydrogen) atoms. The first kappa shape index (κ1) is 24.4. The van der Waals surface area contributed by atoms with Gasteiger partial charge in [-0.2, -0.15) is 0 Å². The molecule has 10 nitrogen and oxygen atoms in total. The van der Waals surface area contributed by atoms with Crippen LogP contribution in [0.1, 0.15) is 42.2 Å². The number of imidazole rings is 1. The number of nitrogens with zero attached hydrogens (tertiary/aromatic N) is 4. The minimum absolute atomic E-state index is 0.000605. The fraction of sp³-hybridized carbons (Fsp3) is 0.292. The van der Waals surface area contributed by atoms with Gasteiger partial charge in [-0.1, -0.05) is 22.0 Å². The van der Waals surface area contributed by atoms with Gasteiger partial charge in [-0.15, -0.1) is 0 Å². The molecule has 0 N–H and O–H groups in total. The highest BCUT2D eigenvalue weighted by Gasteiger charge is 2.28. The number of carbonyl (C=O) groups excluding carboxylic acids is 2. The van der Waals surface area contributed by atoms with E-state index in [9.17, 15) is 9.59 Å². The first-order chi connectivity index (χ1) is 16.9. The topological polar surface area (TPSA) is 114 Å². The lowest BCUT2D eigenvalue weighted by atomic mass is 10.0. The van der Waals surface area contributed by atoms with E-state index in [4.69, 9.17) is 19.2 Å². The number of rotatable bonds is 6. The van der Waals surface area contributed by atoms with E-state index in [1.165, 1.54) is 6.92 Å². The van der Waals surface area contributed by atoms with Gasteiger partial charge in [-0.25, -0.2) is 14.6 Å². The molecule has 3 heterocycles. The number of methoxy groups -OCH3 is 1. The van der Waals surface area contributed by atoms with Gasteiger partial charge in [0.2, 0.25) is 0 Å². The van der Waals surface area contributed by atoms with Crippen molar-refractivity contribution in [3.8, 4) is 5.69 Å². The third kappa shape index (κ3) is 5.51. The Labute approximate surface area is 210 Å². The summed E-state index contributed by atoms with van der Waals surface area (Å²) in [6.45, 7) is 3.35. The van der Waals surface area contributed by atoms with Crippen LogP contribution in [0.4, 0.5) is 9.59 Å². The van der Waals surface area contributed by atoms with Gasteiger partial charge in [0, 0.05) is 41.5 Å². The summed E-state index contributed by atoms with van der Waals surface area (Å²) in [5, 5.41) is 0. The molecule has 0 saturated heterocycles. The molecule has 0 saturated carbocycles. The number of carbonyl (C=O) groups is 2. The van der Waals surface area contributed by atoms with Crippen molar-refractivity contribution in [1.29, 1.82) is 0 Å². The number of aliphatic imine (C=N–C) groups is 1. The summed E-state index contributed by atoms with van der Waals surface area (Å²) in [7, 11) is 1.16. The van der Waals surface area contributed by atoms with E-state index in [1.807, 2.05) is 43.3 Å². The highest BCUT2D eigenvalue weighted by atomic mass is 79.9. The predicted molar refractivity (Wildman–Crippen MR) is 129 cm³/mol. The molecule has 4 rings (SSSR count). The smallest absolute Gasteiger partial charge is 0.438 e. The third-order valence-corrected chi connectivity index (χ3v) is 5.71. The summed E-state index contributed by atoms with van der Waals surface area (Å²) in [5.74, 6) is 0.719. The lowest BCUT2D eigenvalue weighted by Gasteiger charge is -2.15. The van der Waals surface area contributed by atoms with E-state index >= 15 is 0 Å². The quantitative estimate of drug-likeness (QED) is 0.319. The van der Waals surface area contributed by atoms with Gasteiger partial charge in [-0.3, -0.25) is 14.5 Å². The first-order valence-electron chi connectivity index (χ1n) is 10.8. The molecule has 0 fully saturated rings. The van der Waals surface area contributed by atoms with Crippen molar-refractivity contribution in [2.75, 3.05) is 13.7 Å². The number of aryl methyl sites for hydroxylation is 1. The number of halogens is 1. The zero-order valence-corrected chi connectivity index (χ0v) is 20.9. The molecular formula is C24H23BrN4O6. The number of hydrogen-bond donors (Lipinski definition) is 0. The number of fused-ring (bicyclic) bond motifs is 3. The maximum absolute atomic E-state index is 12.0. The molecule has 11 heteroatoms. The summed E-state index contributed by atoms with van der Waals surface area (Å²) >= 11 is 3.57. The van der Waals surface area contributed by atoms with Crippen molar-refractivity contribution in [2.45, 2.75) is 32.6 Å². The van der Waals surface area contributed by atoms with Crippen molar-refractivity contribution in [3.63, 3.8) is 0 Å². The van der Waals surface area contributed by atoms with Crippen LogP contribution in [0.3, 0.4) is 0 Å². The number of aromatic nitrogens is 3. The fourth-order valence-corrected chi connectivity index (χ4v) is 4.07. The Bertz CT molecular complexity index is 1260. The summed E-state index contributed by atoms with van der Waals surface area (Å²) in [6, 6.07) is 11.2.